The number of nitrogens with one attached hydrogen (secondary N) is 1. The molecule has 2 aromatic carbocycles. The van der Waals surface area contributed by atoms with Gasteiger partial charge in [0.2, 0.25) is 21.8 Å². The molecule has 8 heteroatoms. The van der Waals surface area contributed by atoms with E-state index < -0.39 is 16.1 Å². The molecule has 31 heavy (non-hydrogen) atoms. The van der Waals surface area contributed by atoms with Crippen molar-refractivity contribution in [1.82, 2.24) is 14.5 Å². The Labute approximate surface area is 185 Å². The second-order valence-corrected chi connectivity index (χ2v) is 9.53. The van der Waals surface area contributed by atoms with Crippen molar-refractivity contribution in [3.8, 4) is 0 Å². The number of rotatable bonds is 10. The minimum absolute atomic E-state index is 0.141. The molecule has 0 radical (unpaired) electrons. The first-order chi connectivity index (χ1) is 14.7. The summed E-state index contributed by atoms with van der Waals surface area (Å²) in [7, 11) is -0.555. The maximum Gasteiger partial charge on any atom is 0.242 e. The summed E-state index contributed by atoms with van der Waals surface area (Å²) in [6.45, 7) is 4.18. The van der Waals surface area contributed by atoms with Gasteiger partial charge in [0.1, 0.15) is 6.04 Å². The number of aryl methyl sites for hydroxylation is 1. The SMILES string of the molecule is CNC(=O)[C@H](C)N(Cc1ccccc1C)C(=O)CCCN(C)S(=O)(=O)c1ccccc1. The van der Waals surface area contributed by atoms with Gasteiger partial charge >= 0.3 is 0 Å². The lowest BCUT2D eigenvalue weighted by atomic mass is 10.1. The number of hydrogen-bond donors (Lipinski definition) is 1. The van der Waals surface area contributed by atoms with Gasteiger partial charge in [0, 0.05) is 33.6 Å². The van der Waals surface area contributed by atoms with Crippen LogP contribution in [0.1, 0.15) is 30.9 Å². The summed E-state index contributed by atoms with van der Waals surface area (Å²) < 4.78 is 26.5. The molecular formula is C23H31N3O4S. The van der Waals surface area contributed by atoms with Gasteiger partial charge in [0.25, 0.3) is 0 Å². The molecule has 0 saturated heterocycles. The van der Waals surface area contributed by atoms with Gasteiger partial charge in [0.05, 0.1) is 4.90 Å². The zero-order valence-electron chi connectivity index (χ0n) is 18.5. The molecule has 2 rings (SSSR count). The molecule has 0 unspecified atom stereocenters. The van der Waals surface area contributed by atoms with Gasteiger partial charge in [-0.1, -0.05) is 42.5 Å². The highest BCUT2D eigenvalue weighted by molar-refractivity contribution is 7.89. The molecule has 0 bridgehead atoms. The van der Waals surface area contributed by atoms with Crippen molar-refractivity contribution in [2.75, 3.05) is 20.6 Å². The molecule has 2 amide bonds. The van der Waals surface area contributed by atoms with Crippen molar-refractivity contribution in [2.45, 2.75) is 44.2 Å². The standard InChI is InChI=1S/C23H31N3O4S/c1-18-11-8-9-12-20(18)17-26(19(2)23(28)24-3)22(27)15-10-16-25(4)31(29,30)21-13-6-5-7-14-21/h5-9,11-14,19H,10,15-17H2,1-4H3,(H,24,28)/t19-/m0/s1. The number of hydrogen-bond acceptors (Lipinski definition) is 4. The van der Waals surface area contributed by atoms with Crippen LogP contribution in [-0.4, -0.2) is 56.1 Å². The quantitative estimate of drug-likeness (QED) is 0.609. The highest BCUT2D eigenvalue weighted by Crippen LogP contribution is 2.17. The first kappa shape index (κ1) is 24.6. The molecule has 0 aliphatic heterocycles. The Morgan fingerprint density at radius 1 is 1.03 bits per heavy atom. The number of likely N-dealkylation sites (N-methyl/N-ethyl adjacent to an activating group) is 1. The number of nitrogens with zero attached hydrogens (tertiary/aromatic N) is 2. The fourth-order valence-electron chi connectivity index (χ4n) is 3.25. The largest absolute Gasteiger partial charge is 0.357 e. The van der Waals surface area contributed by atoms with Crippen LogP contribution in [0.4, 0.5) is 0 Å². The average Bonchev–Trinajstić information content (AvgIpc) is 2.77. The molecule has 168 valence electrons. The summed E-state index contributed by atoms with van der Waals surface area (Å²) in [5, 5.41) is 2.59. The van der Waals surface area contributed by atoms with E-state index in [-0.39, 0.29) is 29.7 Å². The smallest absolute Gasteiger partial charge is 0.242 e. The van der Waals surface area contributed by atoms with E-state index >= 15 is 0 Å². The number of carbonyl (C=O) groups is 2. The third kappa shape index (κ3) is 6.38. The zero-order chi connectivity index (χ0) is 23.0. The van der Waals surface area contributed by atoms with E-state index in [0.29, 0.717) is 13.0 Å². The Balaban J connectivity index is 2.06. The average molecular weight is 446 g/mol. The van der Waals surface area contributed by atoms with Crippen LogP contribution in [0.5, 0.6) is 0 Å². The van der Waals surface area contributed by atoms with Crippen LogP contribution in [0, 0.1) is 6.92 Å². The number of amides is 2. The van der Waals surface area contributed by atoms with Crippen LogP contribution in [0.25, 0.3) is 0 Å². The van der Waals surface area contributed by atoms with Crippen LogP contribution < -0.4 is 5.32 Å². The van der Waals surface area contributed by atoms with Crippen molar-refractivity contribution in [3.05, 3.63) is 65.7 Å². The van der Waals surface area contributed by atoms with Crippen molar-refractivity contribution >= 4 is 21.8 Å². The second-order valence-electron chi connectivity index (χ2n) is 7.48. The van der Waals surface area contributed by atoms with E-state index in [0.717, 1.165) is 11.1 Å². The fourth-order valence-corrected chi connectivity index (χ4v) is 4.48. The van der Waals surface area contributed by atoms with Crippen LogP contribution in [0.15, 0.2) is 59.5 Å². The summed E-state index contributed by atoms with van der Waals surface area (Å²) in [4.78, 5) is 27.0. The predicted octanol–water partition coefficient (Wildman–Crippen LogP) is 2.56. The van der Waals surface area contributed by atoms with Gasteiger partial charge in [-0.05, 0) is 43.5 Å². The number of sulfonamides is 1. The van der Waals surface area contributed by atoms with Crippen LogP contribution in [-0.2, 0) is 26.2 Å². The maximum absolute atomic E-state index is 13.0. The molecule has 0 aliphatic carbocycles. The molecule has 2 aromatic rings. The molecular weight excluding hydrogens is 414 g/mol. The van der Waals surface area contributed by atoms with E-state index in [4.69, 9.17) is 0 Å². The van der Waals surface area contributed by atoms with Gasteiger partial charge in [-0.2, -0.15) is 0 Å². The molecule has 0 heterocycles. The Kier molecular flexibility index (Phi) is 8.76. The Morgan fingerprint density at radius 3 is 2.26 bits per heavy atom. The summed E-state index contributed by atoms with van der Waals surface area (Å²) in [6, 6.07) is 15.3. The summed E-state index contributed by atoms with van der Waals surface area (Å²) in [5.41, 5.74) is 2.01. The Hall–Kier alpha value is -2.71. The molecule has 7 nitrogen and oxygen atoms in total. The van der Waals surface area contributed by atoms with Gasteiger partial charge in [-0.3, -0.25) is 9.59 Å². The molecule has 1 atom stereocenters. The van der Waals surface area contributed by atoms with E-state index in [1.807, 2.05) is 31.2 Å². The van der Waals surface area contributed by atoms with Crippen molar-refractivity contribution in [1.29, 1.82) is 0 Å². The Morgan fingerprint density at radius 2 is 1.65 bits per heavy atom. The van der Waals surface area contributed by atoms with Crippen LogP contribution in [0.2, 0.25) is 0 Å². The van der Waals surface area contributed by atoms with Gasteiger partial charge < -0.3 is 10.2 Å². The van der Waals surface area contributed by atoms with Crippen molar-refractivity contribution in [3.63, 3.8) is 0 Å². The number of benzene rings is 2. The minimum Gasteiger partial charge on any atom is -0.357 e. The third-order valence-corrected chi connectivity index (χ3v) is 7.20. The van der Waals surface area contributed by atoms with E-state index in [1.54, 1.807) is 49.2 Å². The predicted molar refractivity (Wildman–Crippen MR) is 121 cm³/mol. The lowest BCUT2D eigenvalue weighted by Gasteiger charge is -2.29. The molecule has 0 saturated carbocycles. The van der Waals surface area contributed by atoms with Gasteiger partial charge in [0.15, 0.2) is 0 Å². The lowest BCUT2D eigenvalue weighted by molar-refractivity contribution is -0.140. The van der Waals surface area contributed by atoms with E-state index in [2.05, 4.69) is 5.32 Å². The summed E-state index contributed by atoms with van der Waals surface area (Å²) in [6.07, 6.45) is 0.494. The van der Waals surface area contributed by atoms with E-state index in [9.17, 15) is 18.0 Å². The zero-order valence-corrected chi connectivity index (χ0v) is 19.4. The molecule has 0 fully saturated rings. The molecule has 0 aromatic heterocycles. The molecule has 0 spiro atoms. The minimum atomic E-state index is -3.60. The lowest BCUT2D eigenvalue weighted by Crippen LogP contribution is -2.46. The fraction of sp³-hybridized carbons (Fsp3) is 0.391. The molecule has 1 N–H and O–H groups in total. The third-order valence-electron chi connectivity index (χ3n) is 5.33. The maximum atomic E-state index is 13.0. The van der Waals surface area contributed by atoms with Crippen LogP contribution >= 0.6 is 0 Å². The molecule has 0 aliphatic rings. The highest BCUT2D eigenvalue weighted by atomic mass is 32.2. The monoisotopic (exact) mass is 445 g/mol. The highest BCUT2D eigenvalue weighted by Gasteiger charge is 2.26. The first-order valence-electron chi connectivity index (χ1n) is 10.3. The first-order valence-corrected chi connectivity index (χ1v) is 11.7. The van der Waals surface area contributed by atoms with Gasteiger partial charge in [-0.25, -0.2) is 12.7 Å². The van der Waals surface area contributed by atoms with Gasteiger partial charge in [-0.15, -0.1) is 0 Å². The second kappa shape index (κ2) is 11.1. The number of carbonyl (C=O) groups excluding carboxylic acids is 2. The topological polar surface area (TPSA) is 86.8 Å². The van der Waals surface area contributed by atoms with E-state index in [1.165, 1.54) is 11.4 Å². The van der Waals surface area contributed by atoms with Crippen molar-refractivity contribution in [2.24, 2.45) is 0 Å². The Bertz CT molecular complexity index is 993. The summed E-state index contributed by atoms with van der Waals surface area (Å²) in [5.74, 6) is -0.435. The summed E-state index contributed by atoms with van der Waals surface area (Å²) >= 11 is 0. The van der Waals surface area contributed by atoms with Crippen molar-refractivity contribution < 1.29 is 18.0 Å². The normalized spacial score (nSPS) is 12.4. The van der Waals surface area contributed by atoms with Crippen LogP contribution in [0.3, 0.4) is 0 Å².